The summed E-state index contributed by atoms with van der Waals surface area (Å²) in [5.41, 5.74) is 0. The van der Waals surface area contributed by atoms with E-state index in [4.69, 9.17) is 17.7 Å². The van der Waals surface area contributed by atoms with Crippen LogP contribution in [0.25, 0.3) is 0 Å². The van der Waals surface area contributed by atoms with Gasteiger partial charge in [0.1, 0.15) is 0 Å². The van der Waals surface area contributed by atoms with Crippen LogP contribution in [0.5, 0.6) is 0 Å². The van der Waals surface area contributed by atoms with Crippen molar-refractivity contribution in [1.82, 2.24) is 0 Å². The Morgan fingerprint density at radius 3 is 0.818 bits per heavy atom. The third-order valence-corrected chi connectivity index (χ3v) is 18.0. The maximum absolute atomic E-state index is 6.41. The normalized spacial score (nSPS) is 15.0. The molecule has 0 N–H and O–H groups in total. The minimum absolute atomic E-state index is 0.778. The van der Waals surface area contributed by atoms with Gasteiger partial charge in [0.05, 0.1) is 0 Å². The highest BCUT2D eigenvalue weighted by Crippen LogP contribution is 2.35. The van der Waals surface area contributed by atoms with E-state index in [1.54, 1.807) is 0 Å². The Balaban J connectivity index is 0. The van der Waals surface area contributed by atoms with Gasteiger partial charge < -0.3 is 17.7 Å². The standard InChI is InChI=1S/C20H44O2Si.C18H40O2Si/c1-7-13-15-19(9-3)17-23(21-11-5,22-12-6)18-20(10-4)16-14-8-2;1-7-11-13-17(9-3)15-21(19-5,20-6)16-18(10-4)14-12-8-2/h19-20H,7-18H2,1-6H3;17-18H,7-16H2,1-6H3. The third kappa shape index (κ3) is 21.2. The van der Waals surface area contributed by atoms with Crippen molar-refractivity contribution in [1.29, 1.82) is 0 Å². The maximum Gasteiger partial charge on any atom is 0.338 e. The molecule has 0 spiro atoms. The molecular weight excluding hydrogens is 577 g/mol. The van der Waals surface area contributed by atoms with Crippen molar-refractivity contribution in [3.8, 4) is 0 Å². The molecule has 268 valence electrons. The fraction of sp³-hybridized carbons (Fsp3) is 1.00. The largest absolute Gasteiger partial charge is 0.398 e. The van der Waals surface area contributed by atoms with Gasteiger partial charge in [0.25, 0.3) is 0 Å². The molecule has 0 aliphatic carbocycles. The lowest BCUT2D eigenvalue weighted by Crippen LogP contribution is -2.45. The lowest BCUT2D eigenvalue weighted by molar-refractivity contribution is 0.168. The summed E-state index contributed by atoms with van der Waals surface area (Å²) in [4.78, 5) is 0. The van der Waals surface area contributed by atoms with Gasteiger partial charge in [-0.25, -0.2) is 0 Å². The molecule has 0 saturated heterocycles. The van der Waals surface area contributed by atoms with Crippen molar-refractivity contribution in [2.45, 2.75) is 196 Å². The van der Waals surface area contributed by atoms with Crippen LogP contribution in [-0.4, -0.2) is 44.6 Å². The molecule has 0 aliphatic heterocycles. The zero-order chi connectivity index (χ0) is 33.7. The summed E-state index contributed by atoms with van der Waals surface area (Å²) in [5.74, 6) is 3.12. The Hall–Kier alpha value is 0.274. The first-order valence-corrected chi connectivity index (χ1v) is 24.1. The summed E-state index contributed by atoms with van der Waals surface area (Å²) >= 11 is 0. The molecule has 44 heavy (non-hydrogen) atoms. The van der Waals surface area contributed by atoms with Crippen molar-refractivity contribution in [3.05, 3.63) is 0 Å². The van der Waals surface area contributed by atoms with E-state index in [0.717, 1.165) is 36.9 Å². The minimum atomic E-state index is -2.06. The molecule has 0 aromatic carbocycles. The molecule has 0 fully saturated rings. The first kappa shape index (κ1) is 46.4. The highest BCUT2D eigenvalue weighted by Gasteiger charge is 2.41. The second-order valence-electron chi connectivity index (χ2n) is 13.6. The van der Waals surface area contributed by atoms with Crippen LogP contribution in [0.3, 0.4) is 0 Å². The van der Waals surface area contributed by atoms with Gasteiger partial charge in [-0.3, -0.25) is 0 Å². The highest BCUT2D eigenvalue weighted by molar-refractivity contribution is 6.68. The first-order valence-electron chi connectivity index (χ1n) is 19.6. The molecule has 6 heteroatoms. The zero-order valence-electron chi connectivity index (χ0n) is 32.5. The second kappa shape index (κ2) is 30.6. The molecule has 0 aliphatic rings. The molecular formula is C38H84O4Si2. The van der Waals surface area contributed by atoms with Gasteiger partial charge in [0.2, 0.25) is 0 Å². The average molecular weight is 661 g/mol. The van der Waals surface area contributed by atoms with Crippen molar-refractivity contribution >= 4 is 17.1 Å². The quantitative estimate of drug-likeness (QED) is 0.0718. The summed E-state index contributed by atoms with van der Waals surface area (Å²) in [6, 6.07) is 4.76. The SMILES string of the molecule is CCCCC(CC)C[Si](CC(CC)CCCC)(OC)OC.CCCCC(CC)C[Si](CC(CC)CCCC)(OCC)OCC. The van der Waals surface area contributed by atoms with Crippen LogP contribution in [0.2, 0.25) is 24.2 Å². The number of rotatable bonds is 30. The topological polar surface area (TPSA) is 36.9 Å². The first-order chi connectivity index (χ1) is 21.2. The maximum atomic E-state index is 6.41. The number of unbranched alkanes of at least 4 members (excludes halogenated alkanes) is 4. The Labute approximate surface area is 281 Å². The molecule has 4 nitrogen and oxygen atoms in total. The van der Waals surface area contributed by atoms with E-state index in [1.165, 1.54) is 127 Å². The van der Waals surface area contributed by atoms with Crippen LogP contribution >= 0.6 is 0 Å². The highest BCUT2D eigenvalue weighted by atomic mass is 28.4. The third-order valence-electron chi connectivity index (χ3n) is 10.1. The van der Waals surface area contributed by atoms with E-state index in [9.17, 15) is 0 Å². The van der Waals surface area contributed by atoms with E-state index in [0.29, 0.717) is 0 Å². The van der Waals surface area contributed by atoms with E-state index in [1.807, 2.05) is 14.2 Å². The smallest absolute Gasteiger partial charge is 0.338 e. The Bertz CT molecular complexity index is 541. The molecule has 0 heterocycles. The van der Waals surface area contributed by atoms with Crippen LogP contribution in [0.15, 0.2) is 0 Å². The summed E-state index contributed by atoms with van der Waals surface area (Å²) in [6.45, 7) is 24.4. The molecule has 0 radical (unpaired) electrons. The molecule has 0 aromatic heterocycles. The van der Waals surface area contributed by atoms with Gasteiger partial charge >= 0.3 is 17.1 Å². The van der Waals surface area contributed by atoms with Crippen molar-refractivity contribution in [2.75, 3.05) is 27.4 Å². The van der Waals surface area contributed by atoms with Crippen LogP contribution in [0.4, 0.5) is 0 Å². The predicted molar refractivity (Wildman–Crippen MR) is 201 cm³/mol. The Morgan fingerprint density at radius 1 is 0.386 bits per heavy atom. The van der Waals surface area contributed by atoms with Crippen LogP contribution < -0.4 is 0 Å². The van der Waals surface area contributed by atoms with Crippen molar-refractivity contribution < 1.29 is 17.7 Å². The van der Waals surface area contributed by atoms with E-state index >= 15 is 0 Å². The lowest BCUT2D eigenvalue weighted by Gasteiger charge is -2.35. The second-order valence-corrected chi connectivity index (χ2v) is 20.2. The lowest BCUT2D eigenvalue weighted by atomic mass is 10.0. The van der Waals surface area contributed by atoms with Crippen LogP contribution in [0, 0.1) is 23.7 Å². The number of hydrogen-bond donors (Lipinski definition) is 0. The molecule has 0 bridgehead atoms. The summed E-state index contributed by atoms with van der Waals surface area (Å²) in [7, 11) is -0.308. The molecule has 0 amide bonds. The predicted octanol–water partition coefficient (Wildman–Crippen LogP) is 13.1. The van der Waals surface area contributed by atoms with Crippen LogP contribution in [-0.2, 0) is 17.7 Å². The Kier molecular flexibility index (Phi) is 32.3. The molecule has 0 aromatic rings. The molecule has 4 unspecified atom stereocenters. The van der Waals surface area contributed by atoms with Crippen LogP contribution in [0.1, 0.15) is 172 Å². The summed E-state index contributed by atoms with van der Waals surface area (Å²) < 4.78 is 24.9. The summed E-state index contributed by atoms with van der Waals surface area (Å²) in [5, 5.41) is 0. The zero-order valence-corrected chi connectivity index (χ0v) is 34.5. The average Bonchev–Trinajstić information content (AvgIpc) is 3.04. The van der Waals surface area contributed by atoms with Gasteiger partial charge in [-0.15, -0.1) is 0 Å². The van der Waals surface area contributed by atoms with Crippen molar-refractivity contribution in [2.24, 2.45) is 23.7 Å². The van der Waals surface area contributed by atoms with Gasteiger partial charge in [-0.1, -0.05) is 158 Å². The van der Waals surface area contributed by atoms with Gasteiger partial charge in [-0.2, -0.15) is 0 Å². The minimum Gasteiger partial charge on any atom is -0.398 e. The van der Waals surface area contributed by atoms with E-state index in [-0.39, 0.29) is 0 Å². The molecule has 0 saturated carbocycles. The molecule has 0 rings (SSSR count). The number of hydrogen-bond acceptors (Lipinski definition) is 4. The van der Waals surface area contributed by atoms with Gasteiger partial charge in [0, 0.05) is 27.4 Å². The van der Waals surface area contributed by atoms with Gasteiger partial charge in [0.15, 0.2) is 0 Å². The van der Waals surface area contributed by atoms with Gasteiger partial charge in [-0.05, 0) is 61.7 Å². The molecule has 4 atom stereocenters. The van der Waals surface area contributed by atoms with E-state index < -0.39 is 17.1 Å². The fourth-order valence-corrected chi connectivity index (χ4v) is 15.2. The fourth-order valence-electron chi connectivity index (χ4n) is 6.92. The van der Waals surface area contributed by atoms with Crippen molar-refractivity contribution in [3.63, 3.8) is 0 Å². The Morgan fingerprint density at radius 2 is 0.636 bits per heavy atom. The monoisotopic (exact) mass is 661 g/mol. The summed E-state index contributed by atoms with van der Waals surface area (Å²) in [6.07, 6.45) is 20.9. The van der Waals surface area contributed by atoms with E-state index in [2.05, 4.69) is 69.2 Å².